The van der Waals surface area contributed by atoms with Gasteiger partial charge in [0, 0.05) is 70.7 Å². The fourth-order valence-corrected chi connectivity index (χ4v) is 5.58. The summed E-state index contributed by atoms with van der Waals surface area (Å²) >= 11 is 4.95. The molecule has 4 aliphatic heterocycles. The quantitative estimate of drug-likeness (QED) is 0.0664. The molecule has 0 saturated carbocycles. The number of rotatable bonds is 7. The Balaban J connectivity index is -0.000000147. The summed E-state index contributed by atoms with van der Waals surface area (Å²) in [7, 11) is 1.72. The maximum atomic E-state index is 11.5. The molecule has 0 unspecified atom stereocenters. The number of esters is 2. The third kappa shape index (κ3) is 50.8. The summed E-state index contributed by atoms with van der Waals surface area (Å²) < 4.78 is 42.6. The number of barbiturate groups is 1. The molecule has 6 rings (SSSR count). The molecule has 0 spiro atoms. The van der Waals surface area contributed by atoms with E-state index in [1.54, 1.807) is 61.5 Å². The fourth-order valence-electron chi connectivity index (χ4n) is 5.22. The van der Waals surface area contributed by atoms with E-state index in [2.05, 4.69) is 34.2 Å². The third-order valence-electron chi connectivity index (χ3n) is 8.46. The number of ether oxygens (including phenoxy) is 7. The number of methoxy groups -OCH3 is 2. The second kappa shape index (κ2) is 54.5. The first-order chi connectivity index (χ1) is 34.6. The Bertz CT molecular complexity index is 1830. The number of nitrogens with one attached hydrogen (secondary N) is 2. The van der Waals surface area contributed by atoms with Crippen LogP contribution in [0.4, 0.5) is 19.2 Å². The number of isocyanates is 1. The van der Waals surface area contributed by atoms with Crippen LogP contribution in [-0.2, 0) is 47.7 Å². The van der Waals surface area contributed by atoms with E-state index in [-0.39, 0.29) is 76.8 Å². The predicted octanol–water partition coefficient (Wildman–Crippen LogP) is 2.95. The van der Waals surface area contributed by atoms with Crippen molar-refractivity contribution < 1.29 is 112 Å². The van der Waals surface area contributed by atoms with Gasteiger partial charge in [0.1, 0.15) is 24.3 Å². The summed E-state index contributed by atoms with van der Waals surface area (Å²) in [6.45, 7) is 12.5. The Labute approximate surface area is 478 Å². The number of benzene rings is 2. The van der Waals surface area contributed by atoms with Crippen LogP contribution in [0.25, 0.3) is 0 Å². The van der Waals surface area contributed by atoms with E-state index in [0.717, 1.165) is 64.1 Å². The van der Waals surface area contributed by atoms with Crippen LogP contribution >= 0.6 is 11.6 Å². The number of para-hydroxylation sites is 2. The van der Waals surface area contributed by atoms with Crippen LogP contribution in [-0.4, -0.2) is 146 Å². The van der Waals surface area contributed by atoms with E-state index in [1.165, 1.54) is 14.2 Å². The molecule has 8 N–H and O–H groups in total. The summed E-state index contributed by atoms with van der Waals surface area (Å²) in [5.41, 5.74) is 14.4. The van der Waals surface area contributed by atoms with E-state index >= 15 is 0 Å². The average Bonchev–Trinajstić information content (AvgIpc) is 3.34. The van der Waals surface area contributed by atoms with E-state index in [1.807, 2.05) is 31.8 Å². The Morgan fingerprint density at radius 1 is 0.789 bits per heavy atom. The SMILES string of the molecule is C.C.C.COC(=O)CC(=O)OC.C[O-].C[Si](C)(C)N=C=O.NC(=O)NC1CCOCC1.NC(=O)Oc1ccccc1.NC1CCOCC1.O=C(Cl)Oc1ccccc1.O=C1CC(=O)N(C2CCOCC2)C(=O)N1.[2H]CC.[Na+]. The van der Waals surface area contributed by atoms with Crippen molar-refractivity contribution in [2.75, 3.05) is 61.0 Å². The van der Waals surface area contributed by atoms with Gasteiger partial charge in [-0.05, 0) is 82.4 Å². The number of primary amides is 2. The molecule has 0 aromatic heterocycles. The minimum Gasteiger partial charge on any atom is -0.857 e. The molecule has 24 nitrogen and oxygen atoms in total. The number of carbonyl (C=O) groups excluding carboxylic acids is 9. The number of carbonyl (C=O) groups is 8. The van der Waals surface area contributed by atoms with E-state index in [4.69, 9.17) is 49.5 Å². The van der Waals surface area contributed by atoms with Crippen LogP contribution in [0.1, 0.15) is 88.8 Å². The van der Waals surface area contributed by atoms with Crippen LogP contribution in [0.2, 0.25) is 19.6 Å². The first-order valence-electron chi connectivity index (χ1n) is 22.9. The molecule has 2 aromatic carbocycles. The monoisotopic (exact) mass is 1130 g/mol. The van der Waals surface area contributed by atoms with Crippen molar-refractivity contribution in [1.82, 2.24) is 15.5 Å². The summed E-state index contributed by atoms with van der Waals surface area (Å²) in [5, 5.41) is 13.0. The van der Waals surface area contributed by atoms with Crippen molar-refractivity contribution in [2.24, 2.45) is 21.9 Å². The zero-order chi connectivity index (χ0) is 56.0. The second-order valence-electron chi connectivity index (χ2n) is 15.1. The molecule has 4 fully saturated rings. The van der Waals surface area contributed by atoms with Gasteiger partial charge in [-0.25, -0.2) is 28.6 Å². The molecule has 0 aliphatic carbocycles. The second-order valence-corrected chi connectivity index (χ2v) is 19.9. The summed E-state index contributed by atoms with van der Waals surface area (Å²) in [4.78, 5) is 95.8. The molecule has 4 heterocycles. The van der Waals surface area contributed by atoms with Crippen molar-refractivity contribution in [3.05, 3.63) is 60.7 Å². The Morgan fingerprint density at radius 2 is 1.18 bits per heavy atom. The standard InChI is InChI=1S/C9H12N2O4.C7H5ClO2.C7H7NO2.C6H12N2O2.C5H11NO.C5H8O4.C4H9NOSi.C2H6.CH3O.3CH4.Na/c12-7-5-8(13)11(9(14)10-7)6-1-3-15-4-2-6;2*8-7(9)10-6-4-2-1-3-5-6;7-6(9)8-5-1-3-10-4-2-5;6-5-1-3-7-4-2-5;1-8-4(6)3-5(7)9-2;1-7(2,3)5-4-6;2*1-2;;;;/h6H,1-5H2,(H,10,12,14);1-5H;1-5H,(H2,8,9);5H,1-4H2,(H3,7,8,9);5H,1-4,6H2;3H2,1-2H3;1-3H3;1-2H3;1H3;3*1H4;/q;;;;;;;;-1;;;;+1/i;;;;;;;1D;;;;;. The van der Waals surface area contributed by atoms with Crippen molar-refractivity contribution in [3.8, 4) is 11.5 Å². The first-order valence-corrected chi connectivity index (χ1v) is 26.0. The van der Waals surface area contributed by atoms with E-state index < -0.39 is 55.6 Å². The van der Waals surface area contributed by atoms with E-state index in [9.17, 15) is 43.2 Å². The molecule has 0 radical (unpaired) electrons. The van der Waals surface area contributed by atoms with Crippen molar-refractivity contribution in [1.29, 1.82) is 0 Å². The van der Waals surface area contributed by atoms with Crippen molar-refractivity contribution in [2.45, 2.75) is 125 Å². The molecule has 2 aromatic rings. The Hall–Kier alpha value is -5.31. The number of nitrogens with two attached hydrogens (primary N) is 3. The predicted molar refractivity (Wildman–Crippen MR) is 286 cm³/mol. The number of amides is 7. The topological polar surface area (TPSA) is 359 Å². The summed E-state index contributed by atoms with van der Waals surface area (Å²) in [6.07, 6.45) is 5.34. The molecule has 27 heteroatoms. The van der Waals surface area contributed by atoms with Crippen LogP contribution in [0.15, 0.2) is 65.3 Å². The van der Waals surface area contributed by atoms with Crippen LogP contribution in [0, 0.1) is 0 Å². The number of urea groups is 2. The van der Waals surface area contributed by atoms with Gasteiger partial charge in [0.2, 0.25) is 17.9 Å². The number of imide groups is 2. The Morgan fingerprint density at radius 3 is 1.49 bits per heavy atom. The molecule has 430 valence electrons. The van der Waals surface area contributed by atoms with Crippen LogP contribution < -0.4 is 72.0 Å². The molecule has 0 atom stereocenters. The zero-order valence-electron chi connectivity index (χ0n) is 44.1. The van der Waals surface area contributed by atoms with Gasteiger partial charge in [0.25, 0.3) is 0 Å². The molecular formula is C49H85ClN7NaO17Si. The van der Waals surface area contributed by atoms with Gasteiger partial charge in [0.15, 0.2) is 8.24 Å². The third-order valence-corrected chi connectivity index (χ3v) is 9.30. The molecule has 0 bridgehead atoms. The average molecular weight is 1130 g/mol. The normalized spacial score (nSPS) is 14.4. The van der Waals surface area contributed by atoms with Crippen LogP contribution in [0.3, 0.4) is 0 Å². The Kier molecular flexibility index (Phi) is 58.8. The number of hydrogen-bond acceptors (Lipinski definition) is 19. The van der Waals surface area contributed by atoms with Crippen LogP contribution in [0.5, 0.6) is 11.5 Å². The van der Waals surface area contributed by atoms with Gasteiger partial charge in [0.05, 0.1) is 14.2 Å². The van der Waals surface area contributed by atoms with Crippen molar-refractivity contribution in [3.63, 3.8) is 0 Å². The first kappa shape index (κ1) is 82.0. The maximum Gasteiger partial charge on any atom is 1.00 e. The summed E-state index contributed by atoms with van der Waals surface area (Å²) in [6, 6.07) is 16.8. The fraction of sp³-hybridized carbons (Fsp3) is 0.571. The van der Waals surface area contributed by atoms with Gasteiger partial charge in [-0.2, -0.15) is 7.11 Å². The minimum atomic E-state index is -1.46. The minimum absolute atomic E-state index is 0. The number of halogens is 1. The summed E-state index contributed by atoms with van der Waals surface area (Å²) in [5.74, 6) is -1.16. The molecule has 76 heavy (non-hydrogen) atoms. The number of nitrogens with zero attached hydrogens (tertiary/aromatic N) is 2. The van der Waals surface area contributed by atoms with Gasteiger partial charge in [-0.3, -0.25) is 29.4 Å². The smallest absolute Gasteiger partial charge is 0.857 e. The van der Waals surface area contributed by atoms with Gasteiger partial charge < -0.3 is 60.8 Å². The van der Waals surface area contributed by atoms with Gasteiger partial charge in [-0.1, -0.05) is 72.5 Å². The molecule has 4 aliphatic rings. The largest absolute Gasteiger partial charge is 1.00 e. The number of hydrogen-bond donors (Lipinski definition) is 5. The molecule has 4 saturated heterocycles. The maximum absolute atomic E-state index is 11.5. The van der Waals surface area contributed by atoms with Gasteiger partial charge >= 0.3 is 65.1 Å². The van der Waals surface area contributed by atoms with Crippen molar-refractivity contribution >= 4 is 73.3 Å². The van der Waals surface area contributed by atoms with E-state index in [0.29, 0.717) is 50.5 Å². The zero-order valence-corrected chi connectivity index (χ0v) is 46.8. The molecular weight excluding hydrogens is 1050 g/mol. The van der Waals surface area contributed by atoms with Gasteiger partial charge in [-0.15, -0.1) is 0 Å². The molecule has 7 amide bonds.